The van der Waals surface area contributed by atoms with Crippen LogP contribution in [0.25, 0.3) is 0 Å². The van der Waals surface area contributed by atoms with E-state index in [0.717, 1.165) is 0 Å². The number of nitrogens with zero attached hydrogens (tertiary/aromatic N) is 1. The zero-order valence-corrected chi connectivity index (χ0v) is 14.6. The maximum atomic E-state index is 12.9. The minimum Gasteiger partial charge on any atom is -0.465 e. The van der Waals surface area contributed by atoms with E-state index in [1.165, 1.54) is 23.5 Å². The molecule has 0 saturated heterocycles. The van der Waals surface area contributed by atoms with Crippen molar-refractivity contribution in [1.29, 1.82) is 0 Å². The second-order valence-electron chi connectivity index (χ2n) is 5.10. The lowest BCUT2D eigenvalue weighted by molar-refractivity contribution is -0.141. The lowest BCUT2D eigenvalue weighted by Crippen LogP contribution is -2.35. The molecular weight excluding hydrogens is 346 g/mol. The normalized spacial score (nSPS) is 17.1. The number of esters is 1. The van der Waals surface area contributed by atoms with Crippen molar-refractivity contribution in [2.75, 3.05) is 24.6 Å². The van der Waals surface area contributed by atoms with Gasteiger partial charge < -0.3 is 9.64 Å². The highest BCUT2D eigenvalue weighted by molar-refractivity contribution is 8.27. The largest absolute Gasteiger partial charge is 0.465 e. The summed E-state index contributed by atoms with van der Waals surface area (Å²) in [5.74, 6) is -0.991. The molecule has 3 rings (SSSR count). The SMILES string of the molecule is CCOC(=O)CN1CC(=O)C(=C2SC=CS2)C(=O)c2ccccc21. The molecule has 1 aromatic carbocycles. The smallest absolute Gasteiger partial charge is 0.325 e. The third-order valence-corrected chi connectivity index (χ3v) is 5.70. The van der Waals surface area contributed by atoms with Gasteiger partial charge in [-0.05, 0) is 29.9 Å². The van der Waals surface area contributed by atoms with Gasteiger partial charge in [-0.15, -0.1) is 0 Å². The maximum absolute atomic E-state index is 12.9. The summed E-state index contributed by atoms with van der Waals surface area (Å²) in [6.45, 7) is 1.91. The van der Waals surface area contributed by atoms with Gasteiger partial charge in [0, 0.05) is 11.3 Å². The lowest BCUT2D eigenvalue weighted by atomic mass is 10.0. The molecule has 1 aromatic rings. The number of hydrogen-bond donors (Lipinski definition) is 0. The molecule has 0 spiro atoms. The van der Waals surface area contributed by atoms with Gasteiger partial charge in [-0.3, -0.25) is 14.4 Å². The molecule has 0 N–H and O–H groups in total. The quantitative estimate of drug-likeness (QED) is 0.466. The Morgan fingerprint density at radius 3 is 2.62 bits per heavy atom. The number of anilines is 1. The standard InChI is InChI=1S/C17H15NO4S2/c1-2-22-14(20)10-18-9-13(19)15(17-23-7-8-24-17)16(21)11-5-3-4-6-12(11)18/h3-8H,2,9-10H2,1H3. The summed E-state index contributed by atoms with van der Waals surface area (Å²) >= 11 is 2.75. The second-order valence-corrected chi connectivity index (χ2v) is 7.19. The first-order valence-corrected chi connectivity index (χ1v) is 9.18. The molecule has 2 aliphatic rings. The minimum atomic E-state index is -0.421. The molecule has 2 aliphatic heterocycles. The molecule has 0 fully saturated rings. The van der Waals surface area contributed by atoms with Crippen LogP contribution in [0.3, 0.4) is 0 Å². The van der Waals surface area contributed by atoms with Crippen LogP contribution >= 0.6 is 23.5 Å². The Morgan fingerprint density at radius 1 is 1.21 bits per heavy atom. The summed E-state index contributed by atoms with van der Waals surface area (Å²) in [6.07, 6.45) is 0. The Morgan fingerprint density at radius 2 is 1.92 bits per heavy atom. The molecule has 0 aliphatic carbocycles. The number of benzene rings is 1. The van der Waals surface area contributed by atoms with Crippen molar-refractivity contribution in [2.45, 2.75) is 6.92 Å². The van der Waals surface area contributed by atoms with Crippen molar-refractivity contribution in [2.24, 2.45) is 0 Å². The number of para-hydroxylation sites is 1. The summed E-state index contributed by atoms with van der Waals surface area (Å²) in [4.78, 5) is 39.1. The van der Waals surface area contributed by atoms with E-state index >= 15 is 0 Å². The Kier molecular flexibility index (Phi) is 5.11. The molecule has 2 heterocycles. The van der Waals surface area contributed by atoms with Crippen molar-refractivity contribution < 1.29 is 19.1 Å². The monoisotopic (exact) mass is 361 g/mol. The van der Waals surface area contributed by atoms with Crippen molar-refractivity contribution in [1.82, 2.24) is 0 Å². The third kappa shape index (κ3) is 3.27. The van der Waals surface area contributed by atoms with E-state index in [1.807, 2.05) is 10.8 Å². The highest BCUT2D eigenvalue weighted by Crippen LogP contribution is 2.42. The predicted molar refractivity (Wildman–Crippen MR) is 96.0 cm³/mol. The molecule has 0 saturated carbocycles. The van der Waals surface area contributed by atoms with Gasteiger partial charge in [-0.25, -0.2) is 0 Å². The van der Waals surface area contributed by atoms with E-state index in [0.29, 0.717) is 15.5 Å². The van der Waals surface area contributed by atoms with Gasteiger partial charge in [0.2, 0.25) is 0 Å². The van der Waals surface area contributed by atoms with Gasteiger partial charge in [0.05, 0.1) is 23.0 Å². The zero-order chi connectivity index (χ0) is 17.1. The molecule has 0 unspecified atom stereocenters. The van der Waals surface area contributed by atoms with Gasteiger partial charge in [0.15, 0.2) is 11.6 Å². The molecule has 0 bridgehead atoms. The summed E-state index contributed by atoms with van der Waals surface area (Å²) in [6, 6.07) is 6.98. The first-order valence-electron chi connectivity index (χ1n) is 7.42. The average Bonchev–Trinajstić information content (AvgIpc) is 3.05. The highest BCUT2D eigenvalue weighted by Gasteiger charge is 2.33. The second kappa shape index (κ2) is 7.27. The molecule has 124 valence electrons. The molecule has 0 aromatic heterocycles. The van der Waals surface area contributed by atoms with Crippen LogP contribution in [0.15, 0.2) is 44.9 Å². The summed E-state index contributed by atoms with van der Waals surface area (Å²) < 4.78 is 5.67. The van der Waals surface area contributed by atoms with Crippen molar-refractivity contribution in [3.05, 3.63) is 50.5 Å². The van der Waals surface area contributed by atoms with E-state index in [4.69, 9.17) is 4.74 Å². The van der Waals surface area contributed by atoms with Crippen LogP contribution in [-0.4, -0.2) is 37.2 Å². The molecular formula is C17H15NO4S2. The van der Waals surface area contributed by atoms with E-state index < -0.39 is 5.97 Å². The number of ether oxygens (including phenoxy) is 1. The molecule has 0 atom stereocenters. The van der Waals surface area contributed by atoms with E-state index in [1.54, 1.807) is 36.1 Å². The predicted octanol–water partition coefficient (Wildman–Crippen LogP) is 2.98. The number of rotatable bonds is 3. The van der Waals surface area contributed by atoms with Crippen LogP contribution in [0, 0.1) is 0 Å². The first-order chi connectivity index (χ1) is 11.6. The van der Waals surface area contributed by atoms with Crippen LogP contribution in [0.4, 0.5) is 5.69 Å². The Bertz CT molecular complexity index is 760. The summed E-state index contributed by atoms with van der Waals surface area (Å²) in [5.41, 5.74) is 1.22. The number of hydrogen-bond acceptors (Lipinski definition) is 7. The first kappa shape index (κ1) is 16.9. The van der Waals surface area contributed by atoms with Crippen molar-refractivity contribution in [3.8, 4) is 0 Å². The molecule has 5 nitrogen and oxygen atoms in total. The van der Waals surface area contributed by atoms with Crippen LogP contribution < -0.4 is 4.90 Å². The topological polar surface area (TPSA) is 63.7 Å². The van der Waals surface area contributed by atoms with Crippen LogP contribution in [0.1, 0.15) is 17.3 Å². The fourth-order valence-corrected chi connectivity index (χ4v) is 4.47. The number of thioether (sulfide) groups is 2. The minimum absolute atomic E-state index is 0.0263. The average molecular weight is 361 g/mol. The number of Topliss-reactive ketones (excluding diaryl/α,β-unsaturated/α-hetero) is 2. The molecule has 7 heteroatoms. The van der Waals surface area contributed by atoms with E-state index in [9.17, 15) is 14.4 Å². The Hall–Kier alpha value is -1.99. The lowest BCUT2D eigenvalue weighted by Gasteiger charge is -2.22. The molecule has 24 heavy (non-hydrogen) atoms. The van der Waals surface area contributed by atoms with Gasteiger partial charge in [-0.1, -0.05) is 35.7 Å². The fourth-order valence-electron chi connectivity index (χ4n) is 2.58. The van der Waals surface area contributed by atoms with Gasteiger partial charge >= 0.3 is 5.97 Å². The fraction of sp³-hybridized carbons (Fsp3) is 0.235. The van der Waals surface area contributed by atoms with Gasteiger partial charge in [-0.2, -0.15) is 0 Å². The van der Waals surface area contributed by atoms with Crippen molar-refractivity contribution in [3.63, 3.8) is 0 Å². The Balaban J connectivity index is 2.03. The highest BCUT2D eigenvalue weighted by atomic mass is 32.2. The summed E-state index contributed by atoms with van der Waals surface area (Å²) in [7, 11) is 0. The molecule has 0 amide bonds. The number of ketones is 2. The Labute approximate surface area is 148 Å². The third-order valence-electron chi connectivity index (χ3n) is 3.56. The number of fused-ring (bicyclic) bond motifs is 1. The summed E-state index contributed by atoms with van der Waals surface area (Å²) in [5, 5.41) is 3.70. The number of carbonyl (C=O) groups excluding carboxylic acids is 3. The maximum Gasteiger partial charge on any atom is 0.325 e. The van der Waals surface area contributed by atoms with E-state index in [-0.39, 0.29) is 36.8 Å². The van der Waals surface area contributed by atoms with Gasteiger partial charge in [0.1, 0.15) is 6.54 Å². The van der Waals surface area contributed by atoms with Crippen molar-refractivity contribution >= 4 is 46.7 Å². The molecule has 0 radical (unpaired) electrons. The van der Waals surface area contributed by atoms with Crippen LogP contribution in [0.5, 0.6) is 0 Å². The van der Waals surface area contributed by atoms with Gasteiger partial charge in [0.25, 0.3) is 0 Å². The van der Waals surface area contributed by atoms with Crippen LogP contribution in [0.2, 0.25) is 0 Å². The van der Waals surface area contributed by atoms with Crippen LogP contribution in [-0.2, 0) is 14.3 Å². The van der Waals surface area contributed by atoms with E-state index in [2.05, 4.69) is 0 Å². The zero-order valence-electron chi connectivity index (χ0n) is 13.0. The number of carbonyl (C=O) groups is 3.